The van der Waals surface area contributed by atoms with Crippen LogP contribution in [0.4, 0.5) is 0 Å². The van der Waals surface area contributed by atoms with Crippen LogP contribution in [0.25, 0.3) is 0 Å². The number of rotatable bonds is 10. The van der Waals surface area contributed by atoms with E-state index in [1.54, 1.807) is 35.8 Å². The highest BCUT2D eigenvalue weighted by Gasteiger charge is 2.21. The second-order valence-electron chi connectivity index (χ2n) is 7.00. The van der Waals surface area contributed by atoms with Crippen LogP contribution in [0.5, 0.6) is 0 Å². The van der Waals surface area contributed by atoms with Gasteiger partial charge in [-0.25, -0.2) is 8.42 Å². The number of hydrogen-bond acceptors (Lipinski definition) is 4. The van der Waals surface area contributed by atoms with E-state index in [-0.39, 0.29) is 15.6 Å². The Morgan fingerprint density at radius 1 is 1.14 bits per heavy atom. The van der Waals surface area contributed by atoms with Gasteiger partial charge in [-0.05, 0) is 42.9 Å². The maximum atomic E-state index is 12.9. The van der Waals surface area contributed by atoms with Crippen LogP contribution in [0, 0.1) is 6.92 Å². The smallest absolute Gasteiger partial charge is 0.253 e. The molecule has 0 aliphatic carbocycles. The Morgan fingerprint density at radius 2 is 1.79 bits per heavy atom. The first kappa shape index (κ1) is 24.2. The first-order valence-corrected chi connectivity index (χ1v) is 13.6. The molecule has 0 aliphatic rings. The van der Waals surface area contributed by atoms with Gasteiger partial charge in [0.25, 0.3) is 5.91 Å². The number of carbonyl (C=O) groups is 1. The molecule has 0 heterocycles. The zero-order valence-electron chi connectivity index (χ0n) is 17.1. The molecule has 0 fully saturated rings. The van der Waals surface area contributed by atoms with Crippen LogP contribution in [-0.2, 0) is 15.6 Å². The average Bonchev–Trinajstić information content (AvgIpc) is 2.70. The van der Waals surface area contributed by atoms with Crippen molar-refractivity contribution in [3.63, 3.8) is 0 Å². The third-order valence-electron chi connectivity index (χ3n) is 4.61. The zero-order valence-corrected chi connectivity index (χ0v) is 20.9. The van der Waals surface area contributed by atoms with Crippen molar-refractivity contribution in [2.75, 3.05) is 25.1 Å². The lowest BCUT2D eigenvalue weighted by molar-refractivity contribution is 0.0793. The molecule has 158 valence electrons. The largest absolute Gasteiger partial charge is 0.342 e. The van der Waals surface area contributed by atoms with E-state index >= 15 is 0 Å². The monoisotopic (exact) mass is 545 g/mol. The van der Waals surface area contributed by atoms with E-state index in [1.165, 1.54) is 0 Å². The molecule has 4 nitrogen and oxygen atoms in total. The fourth-order valence-corrected chi connectivity index (χ4v) is 6.63. The molecule has 1 atom stereocenters. The molecular weight excluding hydrogens is 517 g/mol. The third kappa shape index (κ3) is 7.29. The maximum absolute atomic E-state index is 12.9. The van der Waals surface area contributed by atoms with Crippen molar-refractivity contribution in [1.29, 1.82) is 0 Å². The molecule has 2 rings (SSSR count). The highest BCUT2D eigenvalue weighted by Crippen LogP contribution is 2.20. The van der Waals surface area contributed by atoms with Crippen LogP contribution in [0.1, 0.15) is 34.8 Å². The topological polar surface area (TPSA) is 54.5 Å². The Labute approximate surface area is 192 Å². The van der Waals surface area contributed by atoms with Gasteiger partial charge in [0, 0.05) is 28.8 Å². The van der Waals surface area contributed by atoms with Gasteiger partial charge in [-0.15, -0.1) is 0 Å². The standard InChI is InChI=1S/C22H28INO3S2/c1-4-28-15-18-7-5-6-8-21(18)22(25)24(3)14-13-19(23)16-29(26,27)20-11-9-17(2)10-12-20/h5-12,19H,4,13-16H2,1-3H3. The van der Waals surface area contributed by atoms with Gasteiger partial charge >= 0.3 is 0 Å². The summed E-state index contributed by atoms with van der Waals surface area (Å²) in [6.07, 6.45) is 0.625. The molecule has 0 N–H and O–H groups in total. The van der Waals surface area contributed by atoms with E-state index in [0.29, 0.717) is 17.9 Å². The summed E-state index contributed by atoms with van der Waals surface area (Å²) >= 11 is 3.97. The molecule has 0 aliphatic heterocycles. The molecule has 1 unspecified atom stereocenters. The second-order valence-corrected chi connectivity index (χ2v) is 12.1. The van der Waals surface area contributed by atoms with E-state index in [2.05, 4.69) is 29.5 Å². The molecule has 7 heteroatoms. The summed E-state index contributed by atoms with van der Waals surface area (Å²) in [6.45, 7) is 4.56. The number of carbonyl (C=O) groups excluding carboxylic acids is 1. The molecule has 0 saturated carbocycles. The number of hydrogen-bond donors (Lipinski definition) is 0. The van der Waals surface area contributed by atoms with Crippen molar-refractivity contribution in [3.05, 3.63) is 65.2 Å². The van der Waals surface area contributed by atoms with Crippen molar-refractivity contribution >= 4 is 50.1 Å². The van der Waals surface area contributed by atoms with Crippen LogP contribution >= 0.6 is 34.4 Å². The lowest BCUT2D eigenvalue weighted by Gasteiger charge is -2.20. The molecule has 0 saturated heterocycles. The first-order chi connectivity index (χ1) is 13.7. The Kier molecular flexibility index (Phi) is 9.49. The van der Waals surface area contributed by atoms with Crippen molar-refractivity contribution < 1.29 is 13.2 Å². The number of halogens is 1. The van der Waals surface area contributed by atoms with Crippen molar-refractivity contribution in [1.82, 2.24) is 4.90 Å². The van der Waals surface area contributed by atoms with E-state index in [1.807, 2.05) is 43.3 Å². The van der Waals surface area contributed by atoms with Crippen LogP contribution in [-0.4, -0.2) is 48.2 Å². The number of thioether (sulfide) groups is 1. The number of amides is 1. The number of aryl methyl sites for hydroxylation is 1. The normalized spacial score (nSPS) is 12.6. The van der Waals surface area contributed by atoms with Gasteiger partial charge < -0.3 is 4.90 Å². The molecule has 0 bridgehead atoms. The Hall–Kier alpha value is -1.06. The van der Waals surface area contributed by atoms with Crippen molar-refractivity contribution in [2.45, 2.75) is 34.8 Å². The summed E-state index contributed by atoms with van der Waals surface area (Å²) in [6, 6.07) is 14.7. The van der Waals surface area contributed by atoms with Crippen LogP contribution < -0.4 is 0 Å². The van der Waals surface area contributed by atoms with Gasteiger partial charge in [0.1, 0.15) is 0 Å². The summed E-state index contributed by atoms with van der Waals surface area (Å²) in [4.78, 5) is 14.9. The highest BCUT2D eigenvalue weighted by atomic mass is 127. The van der Waals surface area contributed by atoms with Crippen LogP contribution in [0.2, 0.25) is 0 Å². The zero-order chi connectivity index (χ0) is 21.4. The lowest BCUT2D eigenvalue weighted by atomic mass is 10.1. The minimum Gasteiger partial charge on any atom is -0.342 e. The summed E-state index contributed by atoms with van der Waals surface area (Å²) in [5.74, 6) is 1.88. The molecule has 0 aromatic heterocycles. The van der Waals surface area contributed by atoms with Gasteiger partial charge in [0.2, 0.25) is 0 Å². The van der Waals surface area contributed by atoms with E-state index in [4.69, 9.17) is 0 Å². The number of alkyl halides is 1. The fraction of sp³-hybridized carbons (Fsp3) is 0.409. The number of sulfone groups is 1. The van der Waals surface area contributed by atoms with Crippen LogP contribution in [0.15, 0.2) is 53.4 Å². The molecule has 2 aromatic carbocycles. The number of benzene rings is 2. The Balaban J connectivity index is 1.95. The van der Waals surface area contributed by atoms with Gasteiger partial charge in [0.05, 0.1) is 10.6 Å². The summed E-state index contributed by atoms with van der Waals surface area (Å²) in [7, 11) is -1.55. The van der Waals surface area contributed by atoms with Gasteiger partial charge in [-0.2, -0.15) is 11.8 Å². The fourth-order valence-electron chi connectivity index (χ4n) is 2.87. The van der Waals surface area contributed by atoms with Crippen LogP contribution in [0.3, 0.4) is 0 Å². The molecule has 29 heavy (non-hydrogen) atoms. The Morgan fingerprint density at radius 3 is 2.45 bits per heavy atom. The second kappa shape index (κ2) is 11.4. The van der Waals surface area contributed by atoms with Gasteiger partial charge in [-0.3, -0.25) is 4.79 Å². The first-order valence-electron chi connectivity index (χ1n) is 9.59. The SMILES string of the molecule is CCSCc1ccccc1C(=O)N(C)CCC(I)CS(=O)(=O)c1ccc(C)cc1. The Bertz CT molecular complexity index is 914. The molecule has 0 spiro atoms. The van der Waals surface area contributed by atoms with E-state index < -0.39 is 9.84 Å². The molecule has 2 aromatic rings. The minimum absolute atomic E-state index is 0.0118. The van der Waals surface area contributed by atoms with Crippen molar-refractivity contribution in [2.24, 2.45) is 0 Å². The van der Waals surface area contributed by atoms with Gasteiger partial charge in [0.15, 0.2) is 9.84 Å². The predicted molar refractivity (Wildman–Crippen MR) is 131 cm³/mol. The molecule has 0 radical (unpaired) electrons. The quantitative estimate of drug-likeness (QED) is 0.312. The minimum atomic E-state index is -3.33. The molecule has 1 amide bonds. The predicted octanol–water partition coefficient (Wildman–Crippen LogP) is 4.99. The highest BCUT2D eigenvalue weighted by molar-refractivity contribution is 14.1. The molecular formula is C22H28INO3S2. The van der Waals surface area contributed by atoms with Gasteiger partial charge in [-0.1, -0.05) is 65.4 Å². The van der Waals surface area contributed by atoms with Crippen molar-refractivity contribution in [3.8, 4) is 0 Å². The summed E-state index contributed by atoms with van der Waals surface area (Å²) in [5, 5.41) is 0. The number of nitrogens with zero attached hydrogens (tertiary/aromatic N) is 1. The van der Waals surface area contributed by atoms with E-state index in [9.17, 15) is 13.2 Å². The summed E-state index contributed by atoms with van der Waals surface area (Å²) < 4.78 is 25.2. The summed E-state index contributed by atoms with van der Waals surface area (Å²) in [5.41, 5.74) is 2.81. The van der Waals surface area contributed by atoms with E-state index in [0.717, 1.165) is 28.2 Å². The lowest BCUT2D eigenvalue weighted by Crippen LogP contribution is -2.31. The average molecular weight is 546 g/mol. The third-order valence-corrected chi connectivity index (χ3v) is 9.03. The maximum Gasteiger partial charge on any atom is 0.253 e.